The van der Waals surface area contributed by atoms with Crippen LogP contribution in [0.25, 0.3) is 0 Å². The van der Waals surface area contributed by atoms with E-state index >= 15 is 0 Å². The number of likely N-dealkylation sites (N-methyl/N-ethyl adjacent to an activating group) is 1. The molecule has 0 spiro atoms. The number of methoxy groups -OCH3 is 1. The first-order chi connectivity index (χ1) is 13.0. The molecule has 0 saturated carbocycles. The Bertz CT molecular complexity index is 842. The van der Waals surface area contributed by atoms with Crippen LogP contribution in [0.1, 0.15) is 12.0 Å². The fourth-order valence-electron chi connectivity index (χ4n) is 2.90. The summed E-state index contributed by atoms with van der Waals surface area (Å²) in [4.78, 5) is 32.3. The Morgan fingerprint density at radius 2 is 2.04 bits per heavy atom. The van der Waals surface area contributed by atoms with Crippen LogP contribution in [0.5, 0.6) is 5.75 Å². The highest BCUT2D eigenvalue weighted by Gasteiger charge is 2.41. The minimum absolute atomic E-state index is 0.00953. The van der Waals surface area contributed by atoms with Crippen LogP contribution in [-0.4, -0.2) is 51.9 Å². The molecule has 1 unspecified atom stereocenters. The standard InChI is InChI=1S/C19H20N4O3S/c1-22-18(25)16(23(19(22)27)12-13-4-3-9-20-11-13)10-17(24)21-14-5-7-15(26-2)8-6-14/h3-9,11,16H,10,12H2,1-2H3,(H,21,24). The van der Waals surface area contributed by atoms with E-state index < -0.39 is 6.04 Å². The zero-order chi connectivity index (χ0) is 19.4. The van der Waals surface area contributed by atoms with Gasteiger partial charge in [-0.15, -0.1) is 0 Å². The molecule has 1 aromatic carbocycles. The molecule has 0 bridgehead atoms. The second kappa shape index (κ2) is 8.13. The number of pyridine rings is 1. The average Bonchev–Trinajstić information content (AvgIpc) is 2.88. The summed E-state index contributed by atoms with van der Waals surface area (Å²) in [5, 5.41) is 3.22. The van der Waals surface area contributed by atoms with Crippen LogP contribution in [0.15, 0.2) is 48.8 Å². The largest absolute Gasteiger partial charge is 0.497 e. The molecular formula is C19H20N4O3S. The molecule has 1 N–H and O–H groups in total. The molecule has 2 aromatic rings. The summed E-state index contributed by atoms with van der Waals surface area (Å²) in [7, 11) is 3.21. The first-order valence-electron chi connectivity index (χ1n) is 8.40. The van der Waals surface area contributed by atoms with Crippen molar-refractivity contribution in [3.05, 3.63) is 54.4 Å². The lowest BCUT2D eigenvalue weighted by atomic mass is 10.1. The highest BCUT2D eigenvalue weighted by Crippen LogP contribution is 2.23. The third-order valence-electron chi connectivity index (χ3n) is 4.35. The van der Waals surface area contributed by atoms with Crippen LogP contribution in [0.2, 0.25) is 0 Å². The number of ether oxygens (including phenoxy) is 1. The quantitative estimate of drug-likeness (QED) is 0.769. The van der Waals surface area contributed by atoms with E-state index in [-0.39, 0.29) is 18.2 Å². The van der Waals surface area contributed by atoms with E-state index in [0.29, 0.717) is 23.1 Å². The Morgan fingerprint density at radius 1 is 1.30 bits per heavy atom. The highest BCUT2D eigenvalue weighted by molar-refractivity contribution is 7.80. The number of hydrogen-bond acceptors (Lipinski definition) is 5. The zero-order valence-corrected chi connectivity index (χ0v) is 15.9. The molecule has 1 aromatic heterocycles. The minimum atomic E-state index is -0.638. The van der Waals surface area contributed by atoms with Crippen molar-refractivity contribution < 1.29 is 14.3 Å². The molecule has 140 valence electrons. The normalized spacial score (nSPS) is 16.6. The van der Waals surface area contributed by atoms with E-state index in [1.165, 1.54) is 4.90 Å². The van der Waals surface area contributed by atoms with Crippen molar-refractivity contribution in [1.29, 1.82) is 0 Å². The zero-order valence-electron chi connectivity index (χ0n) is 15.1. The first-order valence-corrected chi connectivity index (χ1v) is 8.81. The van der Waals surface area contributed by atoms with Crippen LogP contribution in [0.3, 0.4) is 0 Å². The van der Waals surface area contributed by atoms with E-state index in [1.54, 1.807) is 55.7 Å². The maximum atomic E-state index is 12.6. The summed E-state index contributed by atoms with van der Waals surface area (Å²) in [6, 6.07) is 10.1. The molecule has 2 amide bonds. The van der Waals surface area contributed by atoms with Gasteiger partial charge >= 0.3 is 0 Å². The maximum Gasteiger partial charge on any atom is 0.251 e. The fraction of sp³-hybridized carbons (Fsp3) is 0.263. The van der Waals surface area contributed by atoms with Gasteiger partial charge in [-0.25, -0.2) is 0 Å². The molecule has 1 aliphatic heterocycles. The SMILES string of the molecule is COc1ccc(NC(=O)CC2C(=O)N(C)C(=S)N2Cc2cccnc2)cc1. The molecule has 3 rings (SSSR count). The number of amides is 2. The van der Waals surface area contributed by atoms with Gasteiger partial charge < -0.3 is 15.0 Å². The number of nitrogens with zero attached hydrogens (tertiary/aromatic N) is 3. The molecule has 27 heavy (non-hydrogen) atoms. The number of rotatable bonds is 6. The van der Waals surface area contributed by atoms with Gasteiger partial charge in [0.1, 0.15) is 11.8 Å². The number of carbonyl (C=O) groups is 2. The molecular weight excluding hydrogens is 364 g/mol. The molecule has 1 fully saturated rings. The van der Waals surface area contributed by atoms with Crippen molar-refractivity contribution in [3.63, 3.8) is 0 Å². The smallest absolute Gasteiger partial charge is 0.251 e. The van der Waals surface area contributed by atoms with Crippen molar-refractivity contribution in [1.82, 2.24) is 14.8 Å². The van der Waals surface area contributed by atoms with E-state index in [4.69, 9.17) is 17.0 Å². The summed E-state index contributed by atoms with van der Waals surface area (Å²) < 4.78 is 5.10. The van der Waals surface area contributed by atoms with E-state index in [1.807, 2.05) is 12.1 Å². The summed E-state index contributed by atoms with van der Waals surface area (Å²) in [5.74, 6) is 0.259. The molecule has 7 nitrogen and oxygen atoms in total. The van der Waals surface area contributed by atoms with Crippen molar-refractivity contribution >= 4 is 34.8 Å². The summed E-state index contributed by atoms with van der Waals surface area (Å²) in [6.07, 6.45) is 3.42. The maximum absolute atomic E-state index is 12.6. The molecule has 1 saturated heterocycles. The molecule has 8 heteroatoms. The lowest BCUT2D eigenvalue weighted by molar-refractivity contribution is -0.130. The van der Waals surface area contributed by atoms with Crippen molar-refractivity contribution in [2.24, 2.45) is 0 Å². The number of benzene rings is 1. The molecule has 1 aliphatic rings. The second-order valence-corrected chi connectivity index (χ2v) is 6.53. The van der Waals surface area contributed by atoms with Gasteiger partial charge in [0.2, 0.25) is 5.91 Å². The van der Waals surface area contributed by atoms with Gasteiger partial charge in [0, 0.05) is 31.7 Å². The van der Waals surface area contributed by atoms with Gasteiger partial charge in [0.15, 0.2) is 5.11 Å². The molecule has 0 aliphatic carbocycles. The summed E-state index contributed by atoms with van der Waals surface area (Å²) >= 11 is 5.39. The lowest BCUT2D eigenvalue weighted by Crippen LogP contribution is -2.37. The number of hydrogen-bond donors (Lipinski definition) is 1. The van der Waals surface area contributed by atoms with Gasteiger partial charge in [-0.1, -0.05) is 6.07 Å². The monoisotopic (exact) mass is 384 g/mol. The fourth-order valence-corrected chi connectivity index (χ4v) is 3.18. The molecule has 2 heterocycles. The van der Waals surface area contributed by atoms with Gasteiger partial charge in [-0.3, -0.25) is 19.5 Å². The number of thiocarbonyl (C=S) groups is 1. The summed E-state index contributed by atoms with van der Waals surface area (Å²) in [5.41, 5.74) is 1.56. The predicted molar refractivity (Wildman–Crippen MR) is 105 cm³/mol. The Hall–Kier alpha value is -3.00. The van der Waals surface area contributed by atoms with Gasteiger partial charge in [0.05, 0.1) is 13.5 Å². The van der Waals surface area contributed by atoms with Crippen molar-refractivity contribution in [2.45, 2.75) is 19.0 Å². The van der Waals surface area contributed by atoms with Gasteiger partial charge in [-0.2, -0.15) is 0 Å². The van der Waals surface area contributed by atoms with Crippen LogP contribution < -0.4 is 10.1 Å². The Balaban J connectivity index is 1.70. The number of aromatic nitrogens is 1. The third-order valence-corrected chi connectivity index (χ3v) is 4.86. The number of carbonyl (C=O) groups excluding carboxylic acids is 2. The Kier molecular flexibility index (Phi) is 5.66. The van der Waals surface area contributed by atoms with Crippen LogP contribution >= 0.6 is 12.2 Å². The number of anilines is 1. The average molecular weight is 384 g/mol. The van der Waals surface area contributed by atoms with E-state index in [2.05, 4.69) is 10.3 Å². The van der Waals surface area contributed by atoms with E-state index in [0.717, 1.165) is 5.56 Å². The van der Waals surface area contributed by atoms with Gasteiger partial charge in [0.25, 0.3) is 5.91 Å². The third kappa shape index (κ3) is 4.22. The van der Waals surface area contributed by atoms with Crippen LogP contribution in [0, 0.1) is 0 Å². The van der Waals surface area contributed by atoms with Crippen molar-refractivity contribution in [2.75, 3.05) is 19.5 Å². The van der Waals surface area contributed by atoms with Crippen LogP contribution in [-0.2, 0) is 16.1 Å². The topological polar surface area (TPSA) is 74.8 Å². The second-order valence-electron chi connectivity index (χ2n) is 6.17. The Morgan fingerprint density at radius 3 is 2.67 bits per heavy atom. The Labute approximate surface area is 162 Å². The predicted octanol–water partition coefficient (Wildman–Crippen LogP) is 2.05. The molecule has 1 atom stereocenters. The van der Waals surface area contributed by atoms with Crippen molar-refractivity contribution in [3.8, 4) is 5.75 Å². The summed E-state index contributed by atoms with van der Waals surface area (Å²) in [6.45, 7) is 0.420. The van der Waals surface area contributed by atoms with E-state index in [9.17, 15) is 9.59 Å². The molecule has 0 radical (unpaired) electrons. The van der Waals surface area contributed by atoms with Crippen LogP contribution in [0.4, 0.5) is 5.69 Å². The first kappa shape index (κ1) is 18.8. The highest BCUT2D eigenvalue weighted by atomic mass is 32.1. The van der Waals surface area contributed by atoms with Gasteiger partial charge in [-0.05, 0) is 48.1 Å². The minimum Gasteiger partial charge on any atom is -0.497 e. The lowest BCUT2D eigenvalue weighted by Gasteiger charge is -2.23. The number of nitrogens with one attached hydrogen (secondary N) is 1.